The van der Waals surface area contributed by atoms with Gasteiger partial charge in [-0.15, -0.1) is 4.98 Å². The normalized spacial score (nSPS) is 25.2. The molecule has 2 atom stereocenters. The number of nitrogens with one attached hydrogen (secondary N) is 1. The van der Waals surface area contributed by atoms with Crippen molar-refractivity contribution in [2.45, 2.75) is 32.4 Å². The summed E-state index contributed by atoms with van der Waals surface area (Å²) in [6.07, 6.45) is 0.365. The Morgan fingerprint density at radius 3 is 2.11 bits per heavy atom. The minimum Gasteiger partial charge on any atom is -0.467 e. The molecule has 2 unspecified atom stereocenters. The first-order valence-corrected chi connectivity index (χ1v) is 5.76. The van der Waals surface area contributed by atoms with Crippen molar-refractivity contribution in [3.05, 3.63) is 0 Å². The van der Waals surface area contributed by atoms with E-state index in [2.05, 4.69) is 20.3 Å². The Morgan fingerprint density at radius 1 is 1.17 bits per heavy atom. The molecule has 1 heterocycles. The van der Waals surface area contributed by atoms with Crippen molar-refractivity contribution in [3.8, 4) is 12.0 Å². The fourth-order valence-corrected chi connectivity index (χ4v) is 1.89. The van der Waals surface area contributed by atoms with Gasteiger partial charge in [0.05, 0.1) is 20.3 Å². The zero-order valence-corrected chi connectivity index (χ0v) is 11.0. The van der Waals surface area contributed by atoms with Gasteiger partial charge in [0.1, 0.15) is 0 Å². The Morgan fingerprint density at radius 2 is 1.72 bits per heavy atom. The van der Waals surface area contributed by atoms with Gasteiger partial charge in [-0.1, -0.05) is 13.8 Å². The first kappa shape index (κ1) is 12.8. The van der Waals surface area contributed by atoms with Gasteiger partial charge in [-0.25, -0.2) is 0 Å². The van der Waals surface area contributed by atoms with Crippen LogP contribution in [0.1, 0.15) is 20.3 Å². The molecule has 18 heavy (non-hydrogen) atoms. The number of hydrogen-bond donors (Lipinski definition) is 2. The molecule has 1 aliphatic rings. The zero-order chi connectivity index (χ0) is 13.3. The van der Waals surface area contributed by atoms with Crippen molar-refractivity contribution in [2.24, 2.45) is 5.41 Å². The maximum Gasteiger partial charge on any atom is 0.324 e. The van der Waals surface area contributed by atoms with Crippen LogP contribution in [-0.4, -0.2) is 46.4 Å². The molecule has 1 aliphatic carbocycles. The van der Waals surface area contributed by atoms with Gasteiger partial charge in [0.15, 0.2) is 0 Å². The summed E-state index contributed by atoms with van der Waals surface area (Å²) in [7, 11) is 2.96. The van der Waals surface area contributed by atoms with E-state index in [-0.39, 0.29) is 29.6 Å². The van der Waals surface area contributed by atoms with Gasteiger partial charge in [-0.2, -0.15) is 9.97 Å². The molecule has 2 N–H and O–H groups in total. The molecule has 0 bridgehead atoms. The van der Waals surface area contributed by atoms with Crippen LogP contribution >= 0.6 is 0 Å². The average molecular weight is 254 g/mol. The fraction of sp³-hybridized carbons (Fsp3) is 0.727. The first-order valence-electron chi connectivity index (χ1n) is 5.76. The summed E-state index contributed by atoms with van der Waals surface area (Å²) in [5.41, 5.74) is -0.201. The third-order valence-electron chi connectivity index (χ3n) is 3.48. The van der Waals surface area contributed by atoms with Gasteiger partial charge in [0.25, 0.3) is 0 Å². The van der Waals surface area contributed by atoms with Crippen molar-refractivity contribution < 1.29 is 14.6 Å². The summed E-state index contributed by atoms with van der Waals surface area (Å²) in [6, 6.07) is 0.508. The van der Waals surface area contributed by atoms with Crippen molar-refractivity contribution in [3.63, 3.8) is 0 Å². The fourth-order valence-electron chi connectivity index (χ4n) is 1.89. The van der Waals surface area contributed by atoms with Crippen LogP contribution in [0.3, 0.4) is 0 Å². The number of aliphatic hydroxyl groups is 1. The first-order chi connectivity index (χ1) is 8.47. The van der Waals surface area contributed by atoms with E-state index < -0.39 is 0 Å². The van der Waals surface area contributed by atoms with Gasteiger partial charge in [0.2, 0.25) is 5.95 Å². The van der Waals surface area contributed by atoms with Crippen molar-refractivity contribution in [1.29, 1.82) is 0 Å². The van der Waals surface area contributed by atoms with E-state index in [0.717, 1.165) is 0 Å². The van der Waals surface area contributed by atoms with Crippen molar-refractivity contribution >= 4 is 5.95 Å². The largest absolute Gasteiger partial charge is 0.467 e. The molecule has 0 aliphatic heterocycles. The molecule has 1 saturated carbocycles. The molecule has 0 radical (unpaired) electrons. The SMILES string of the molecule is COc1nc(NC2CC(O)C2(C)C)nc(OC)n1. The summed E-state index contributed by atoms with van der Waals surface area (Å²) in [5.74, 6) is 0.392. The van der Waals surface area contributed by atoms with Crippen LogP contribution < -0.4 is 14.8 Å². The van der Waals surface area contributed by atoms with Crippen LogP contribution in [0.15, 0.2) is 0 Å². The van der Waals surface area contributed by atoms with Gasteiger partial charge in [-0.3, -0.25) is 0 Å². The number of aliphatic hydroxyl groups excluding tert-OH is 1. The Balaban J connectivity index is 2.14. The van der Waals surface area contributed by atoms with Crippen molar-refractivity contribution in [1.82, 2.24) is 15.0 Å². The molecule has 1 aromatic rings. The molecule has 100 valence electrons. The molecular formula is C11H18N4O3. The minimum atomic E-state index is -0.305. The lowest BCUT2D eigenvalue weighted by Crippen LogP contribution is -2.57. The number of hydrogen-bond acceptors (Lipinski definition) is 7. The minimum absolute atomic E-state index is 0.115. The van der Waals surface area contributed by atoms with Crippen LogP contribution in [0.5, 0.6) is 12.0 Å². The number of nitrogens with zero attached hydrogens (tertiary/aromatic N) is 3. The molecule has 0 spiro atoms. The van der Waals surface area contributed by atoms with E-state index in [0.29, 0.717) is 12.4 Å². The van der Waals surface area contributed by atoms with Gasteiger partial charge in [0, 0.05) is 11.5 Å². The van der Waals surface area contributed by atoms with E-state index in [1.54, 1.807) is 0 Å². The maximum absolute atomic E-state index is 9.68. The molecule has 1 fully saturated rings. The van der Waals surface area contributed by atoms with E-state index >= 15 is 0 Å². The highest BCUT2D eigenvalue weighted by atomic mass is 16.5. The highest BCUT2D eigenvalue weighted by molar-refractivity contribution is 5.32. The van der Waals surface area contributed by atoms with Crippen LogP contribution in [0, 0.1) is 5.41 Å². The molecule has 0 saturated heterocycles. The molecule has 0 amide bonds. The molecular weight excluding hydrogens is 236 g/mol. The molecule has 2 rings (SSSR count). The maximum atomic E-state index is 9.68. The molecule has 7 nitrogen and oxygen atoms in total. The number of aromatic nitrogens is 3. The Bertz CT molecular complexity index is 416. The number of ether oxygens (including phenoxy) is 2. The number of rotatable bonds is 4. The van der Waals surface area contributed by atoms with E-state index in [1.165, 1.54) is 14.2 Å². The van der Waals surface area contributed by atoms with Gasteiger partial charge < -0.3 is 19.9 Å². The lowest BCUT2D eigenvalue weighted by Gasteiger charge is -2.49. The predicted octanol–water partition coefficient (Wildman–Crippen LogP) is 0.460. The lowest BCUT2D eigenvalue weighted by atomic mass is 9.65. The van der Waals surface area contributed by atoms with Crippen LogP contribution in [-0.2, 0) is 0 Å². The van der Waals surface area contributed by atoms with Crippen LogP contribution in [0.2, 0.25) is 0 Å². The highest BCUT2D eigenvalue weighted by Gasteiger charge is 2.47. The average Bonchev–Trinajstić information content (AvgIpc) is 2.38. The molecule has 0 aromatic carbocycles. The highest BCUT2D eigenvalue weighted by Crippen LogP contribution is 2.41. The topological polar surface area (TPSA) is 89.4 Å². The van der Waals surface area contributed by atoms with E-state index in [4.69, 9.17) is 9.47 Å². The second-order valence-electron chi connectivity index (χ2n) is 4.90. The van der Waals surface area contributed by atoms with Gasteiger partial charge >= 0.3 is 12.0 Å². The van der Waals surface area contributed by atoms with Crippen molar-refractivity contribution in [2.75, 3.05) is 19.5 Å². The number of methoxy groups -OCH3 is 2. The predicted molar refractivity (Wildman–Crippen MR) is 64.7 cm³/mol. The summed E-state index contributed by atoms with van der Waals surface area (Å²) < 4.78 is 9.94. The Hall–Kier alpha value is -1.63. The van der Waals surface area contributed by atoms with Crippen LogP contribution in [0.25, 0.3) is 0 Å². The Labute approximate surface area is 106 Å². The Kier molecular flexibility index (Phi) is 3.25. The van der Waals surface area contributed by atoms with Gasteiger partial charge in [-0.05, 0) is 6.42 Å². The smallest absolute Gasteiger partial charge is 0.324 e. The third kappa shape index (κ3) is 2.17. The summed E-state index contributed by atoms with van der Waals surface area (Å²) in [4.78, 5) is 12.1. The second-order valence-corrected chi connectivity index (χ2v) is 4.90. The molecule has 1 aromatic heterocycles. The molecule has 7 heteroatoms. The summed E-state index contributed by atoms with van der Waals surface area (Å²) in [6.45, 7) is 3.99. The standard InChI is InChI=1S/C11H18N4O3/c1-11(2)6(5-7(11)16)12-8-13-9(17-3)15-10(14-8)18-4/h6-7,16H,5H2,1-4H3,(H,12,13,14,15). The monoisotopic (exact) mass is 254 g/mol. The number of anilines is 1. The quantitative estimate of drug-likeness (QED) is 0.806. The second kappa shape index (κ2) is 4.56. The summed E-state index contributed by atoms with van der Waals surface area (Å²) in [5, 5.41) is 12.8. The third-order valence-corrected chi connectivity index (χ3v) is 3.48. The lowest BCUT2D eigenvalue weighted by molar-refractivity contribution is -0.0513. The zero-order valence-electron chi connectivity index (χ0n) is 11.0. The summed E-state index contributed by atoms with van der Waals surface area (Å²) >= 11 is 0. The van der Waals surface area contributed by atoms with Crippen LogP contribution in [0.4, 0.5) is 5.95 Å². The van der Waals surface area contributed by atoms with E-state index in [1.807, 2.05) is 13.8 Å². The van der Waals surface area contributed by atoms with E-state index in [9.17, 15) is 5.11 Å².